The van der Waals surface area contributed by atoms with Gasteiger partial charge in [0.1, 0.15) is 0 Å². The summed E-state index contributed by atoms with van der Waals surface area (Å²) in [5, 5.41) is 0. The Kier molecular flexibility index (Phi) is 5.32. The van der Waals surface area contributed by atoms with Crippen molar-refractivity contribution in [1.82, 2.24) is 9.80 Å². The van der Waals surface area contributed by atoms with Gasteiger partial charge in [-0.05, 0) is 38.4 Å². The highest BCUT2D eigenvalue weighted by molar-refractivity contribution is 7.99. The Morgan fingerprint density at radius 2 is 1.91 bits per heavy atom. The highest BCUT2D eigenvalue weighted by Crippen LogP contribution is 2.35. The van der Waals surface area contributed by atoms with Crippen LogP contribution >= 0.6 is 11.8 Å². The molecule has 1 aromatic rings. The van der Waals surface area contributed by atoms with Gasteiger partial charge in [-0.2, -0.15) is 11.8 Å². The van der Waals surface area contributed by atoms with E-state index < -0.39 is 0 Å². The molecule has 0 radical (unpaired) electrons. The van der Waals surface area contributed by atoms with Gasteiger partial charge in [0.2, 0.25) is 5.91 Å². The van der Waals surface area contributed by atoms with E-state index in [9.17, 15) is 4.79 Å². The largest absolute Gasteiger partial charge is 0.338 e. The molecule has 0 saturated carbocycles. The van der Waals surface area contributed by atoms with E-state index in [1.165, 1.54) is 5.56 Å². The second kappa shape index (κ2) is 7.27. The monoisotopic (exact) mass is 332 g/mol. The number of amides is 1. The number of carbonyl (C=O) groups excluding carboxylic acids is 1. The van der Waals surface area contributed by atoms with Crippen LogP contribution in [0.15, 0.2) is 30.3 Å². The fraction of sp³-hybridized carbons (Fsp3) is 0.632. The number of hydrogen-bond donors (Lipinski definition) is 0. The summed E-state index contributed by atoms with van der Waals surface area (Å²) in [5.74, 6) is 2.57. The van der Waals surface area contributed by atoms with Crippen molar-refractivity contribution in [2.75, 3.05) is 31.1 Å². The predicted octanol–water partition coefficient (Wildman–Crippen LogP) is 3.25. The maximum atomic E-state index is 13.0. The molecule has 0 spiro atoms. The van der Waals surface area contributed by atoms with Gasteiger partial charge in [-0.3, -0.25) is 9.69 Å². The highest BCUT2D eigenvalue weighted by atomic mass is 32.2. The first-order valence-corrected chi connectivity index (χ1v) is 9.89. The predicted molar refractivity (Wildman–Crippen MR) is 97.6 cm³/mol. The maximum Gasteiger partial charge on any atom is 0.228 e. The number of likely N-dealkylation sites (tertiary alicyclic amines) is 1. The van der Waals surface area contributed by atoms with E-state index in [0.717, 1.165) is 50.5 Å². The fourth-order valence-corrected chi connectivity index (χ4v) is 4.65. The molecule has 2 fully saturated rings. The molecule has 0 N–H and O–H groups in total. The Hall–Kier alpha value is -1.00. The lowest BCUT2D eigenvalue weighted by atomic mass is 9.78. The first-order valence-electron chi connectivity index (χ1n) is 8.74. The molecule has 0 aliphatic carbocycles. The first kappa shape index (κ1) is 16.8. The number of nitrogens with zero attached hydrogens (tertiary/aromatic N) is 2. The van der Waals surface area contributed by atoms with Crippen LogP contribution in [0.4, 0.5) is 0 Å². The van der Waals surface area contributed by atoms with Crippen molar-refractivity contribution in [3.63, 3.8) is 0 Å². The minimum absolute atomic E-state index is 0.163. The van der Waals surface area contributed by atoms with E-state index in [4.69, 9.17) is 0 Å². The van der Waals surface area contributed by atoms with Gasteiger partial charge in [-0.1, -0.05) is 37.3 Å². The van der Waals surface area contributed by atoms with E-state index in [1.54, 1.807) is 0 Å². The van der Waals surface area contributed by atoms with Crippen LogP contribution in [0.1, 0.15) is 32.3 Å². The van der Waals surface area contributed by atoms with Crippen molar-refractivity contribution in [2.24, 2.45) is 5.41 Å². The Labute approximate surface area is 144 Å². The van der Waals surface area contributed by atoms with Crippen LogP contribution in [-0.2, 0) is 11.3 Å². The molecule has 4 heteroatoms. The molecule has 1 amide bonds. The molecule has 2 aliphatic heterocycles. The quantitative estimate of drug-likeness (QED) is 0.849. The molecule has 0 bridgehead atoms. The van der Waals surface area contributed by atoms with Crippen molar-refractivity contribution >= 4 is 17.7 Å². The molecule has 2 heterocycles. The number of rotatable bonds is 3. The van der Waals surface area contributed by atoms with Gasteiger partial charge in [0, 0.05) is 36.1 Å². The molecule has 1 aromatic carbocycles. The Morgan fingerprint density at radius 1 is 1.22 bits per heavy atom. The Morgan fingerprint density at radius 3 is 2.57 bits per heavy atom. The molecule has 3 nitrogen and oxygen atoms in total. The van der Waals surface area contributed by atoms with Gasteiger partial charge >= 0.3 is 0 Å². The molecule has 23 heavy (non-hydrogen) atoms. The van der Waals surface area contributed by atoms with Crippen LogP contribution in [0.5, 0.6) is 0 Å². The minimum Gasteiger partial charge on any atom is -0.338 e. The molecule has 2 aliphatic rings. The average molecular weight is 333 g/mol. The van der Waals surface area contributed by atoms with E-state index in [1.807, 2.05) is 11.8 Å². The number of carbonyl (C=O) groups is 1. The molecule has 0 aromatic heterocycles. The van der Waals surface area contributed by atoms with Gasteiger partial charge in [0.15, 0.2) is 0 Å². The maximum absolute atomic E-state index is 13.0. The zero-order valence-electron chi connectivity index (χ0n) is 14.3. The third kappa shape index (κ3) is 3.92. The second-order valence-electron chi connectivity index (χ2n) is 7.24. The van der Waals surface area contributed by atoms with Crippen molar-refractivity contribution in [1.29, 1.82) is 0 Å². The lowest BCUT2D eigenvalue weighted by Gasteiger charge is -2.44. The summed E-state index contributed by atoms with van der Waals surface area (Å²) in [7, 11) is 0. The van der Waals surface area contributed by atoms with Crippen LogP contribution in [0.3, 0.4) is 0 Å². The SMILES string of the molecule is C[C@@H]1CSCCN1C(=O)C1(C)CCN(Cc2ccccc2)CC1. The van der Waals surface area contributed by atoms with Gasteiger partial charge in [0.05, 0.1) is 0 Å². The topological polar surface area (TPSA) is 23.6 Å². The summed E-state index contributed by atoms with van der Waals surface area (Å²) in [6.45, 7) is 8.35. The third-order valence-electron chi connectivity index (χ3n) is 5.35. The zero-order valence-corrected chi connectivity index (χ0v) is 15.1. The van der Waals surface area contributed by atoms with E-state index in [0.29, 0.717) is 11.9 Å². The molecular formula is C19H28N2OS. The minimum atomic E-state index is -0.163. The Balaban J connectivity index is 1.57. The van der Waals surface area contributed by atoms with Crippen molar-refractivity contribution in [2.45, 2.75) is 39.3 Å². The van der Waals surface area contributed by atoms with E-state index in [2.05, 4.69) is 54.0 Å². The van der Waals surface area contributed by atoms with Crippen molar-refractivity contribution < 1.29 is 4.79 Å². The van der Waals surface area contributed by atoms with Gasteiger partial charge in [0.25, 0.3) is 0 Å². The van der Waals surface area contributed by atoms with E-state index >= 15 is 0 Å². The van der Waals surface area contributed by atoms with Crippen molar-refractivity contribution in [3.05, 3.63) is 35.9 Å². The average Bonchev–Trinajstić information content (AvgIpc) is 2.58. The van der Waals surface area contributed by atoms with Gasteiger partial charge < -0.3 is 4.90 Å². The molecule has 1 atom stereocenters. The fourth-order valence-electron chi connectivity index (χ4n) is 3.64. The van der Waals surface area contributed by atoms with E-state index in [-0.39, 0.29) is 5.41 Å². The number of thioether (sulfide) groups is 1. The number of hydrogen-bond acceptors (Lipinski definition) is 3. The van der Waals surface area contributed by atoms with Gasteiger partial charge in [-0.25, -0.2) is 0 Å². The van der Waals surface area contributed by atoms with Crippen LogP contribution in [0.2, 0.25) is 0 Å². The van der Waals surface area contributed by atoms with Crippen molar-refractivity contribution in [3.8, 4) is 0 Å². The summed E-state index contributed by atoms with van der Waals surface area (Å²) in [6.07, 6.45) is 1.96. The summed E-state index contributed by atoms with van der Waals surface area (Å²) >= 11 is 1.97. The summed E-state index contributed by atoms with van der Waals surface area (Å²) < 4.78 is 0. The molecule has 2 saturated heterocycles. The summed E-state index contributed by atoms with van der Waals surface area (Å²) in [5.41, 5.74) is 1.20. The van der Waals surface area contributed by atoms with Crippen LogP contribution in [-0.4, -0.2) is 52.9 Å². The van der Waals surface area contributed by atoms with Crippen LogP contribution in [0, 0.1) is 5.41 Å². The molecule has 126 valence electrons. The zero-order chi connectivity index (χ0) is 16.3. The molecule has 3 rings (SSSR count). The van der Waals surface area contributed by atoms with Crippen LogP contribution in [0.25, 0.3) is 0 Å². The lowest BCUT2D eigenvalue weighted by molar-refractivity contribution is -0.145. The summed E-state index contributed by atoms with van der Waals surface area (Å²) in [4.78, 5) is 17.7. The number of benzene rings is 1. The lowest BCUT2D eigenvalue weighted by Crippen LogP contribution is -2.53. The summed E-state index contributed by atoms with van der Waals surface area (Å²) in [6, 6.07) is 11.0. The van der Waals surface area contributed by atoms with Gasteiger partial charge in [-0.15, -0.1) is 0 Å². The number of piperidine rings is 1. The Bertz CT molecular complexity index is 525. The molecular weight excluding hydrogens is 304 g/mol. The normalized spacial score (nSPS) is 25.3. The first-order chi connectivity index (χ1) is 11.1. The smallest absolute Gasteiger partial charge is 0.228 e. The standard InChI is InChI=1S/C19H28N2OS/c1-16-15-23-13-12-21(16)18(22)19(2)8-10-20(11-9-19)14-17-6-4-3-5-7-17/h3-7,16H,8-15H2,1-2H3/t16-/m1/s1. The van der Waals surface area contributed by atoms with Crippen LogP contribution < -0.4 is 0 Å². The molecule has 0 unspecified atom stereocenters. The highest BCUT2D eigenvalue weighted by Gasteiger charge is 2.41. The second-order valence-corrected chi connectivity index (χ2v) is 8.39. The third-order valence-corrected chi connectivity index (χ3v) is 6.54.